The van der Waals surface area contributed by atoms with Crippen LogP contribution in [0.25, 0.3) is 0 Å². The first-order chi connectivity index (χ1) is 16.0. The standard InChI is InChI=1S/C24H29N5O4/c1-28(13-17-8-4-2-5-9-17)14-19-15-29(27-26-19)16-21-24(32)23(31)20(33-21)12-22(30)25-18-10-6-3-7-11-18/h2-11,15,20-21,23-24,31-32H,12-14,16H2,1H3,(H,25,30)/t20-,21+,23-,24+/m0/s1. The molecule has 0 unspecified atom stereocenters. The largest absolute Gasteiger partial charge is 0.388 e. The third-order valence-electron chi connectivity index (χ3n) is 5.59. The molecule has 3 aromatic rings. The highest BCUT2D eigenvalue weighted by atomic mass is 16.5. The van der Waals surface area contributed by atoms with Crippen LogP contribution >= 0.6 is 0 Å². The van der Waals surface area contributed by atoms with Gasteiger partial charge in [0, 0.05) is 25.0 Å². The molecule has 3 N–H and O–H groups in total. The van der Waals surface area contributed by atoms with Gasteiger partial charge in [-0.15, -0.1) is 5.10 Å². The van der Waals surface area contributed by atoms with Crippen LogP contribution in [0.15, 0.2) is 66.9 Å². The number of hydrogen-bond acceptors (Lipinski definition) is 7. The smallest absolute Gasteiger partial charge is 0.227 e. The van der Waals surface area contributed by atoms with E-state index >= 15 is 0 Å². The van der Waals surface area contributed by atoms with Gasteiger partial charge in [-0.3, -0.25) is 9.69 Å². The Labute approximate surface area is 192 Å². The summed E-state index contributed by atoms with van der Waals surface area (Å²) in [4.78, 5) is 14.4. The van der Waals surface area contributed by atoms with E-state index in [2.05, 4.69) is 32.7 Å². The summed E-state index contributed by atoms with van der Waals surface area (Å²) < 4.78 is 7.40. The minimum Gasteiger partial charge on any atom is -0.388 e. The maximum absolute atomic E-state index is 12.3. The lowest BCUT2D eigenvalue weighted by atomic mass is 10.1. The van der Waals surface area contributed by atoms with Gasteiger partial charge in [0.15, 0.2) is 0 Å². The number of aliphatic hydroxyl groups is 2. The van der Waals surface area contributed by atoms with E-state index in [0.29, 0.717) is 12.2 Å². The van der Waals surface area contributed by atoms with Crippen molar-refractivity contribution in [2.24, 2.45) is 0 Å². The topological polar surface area (TPSA) is 113 Å². The molecule has 1 fully saturated rings. The molecular weight excluding hydrogens is 422 g/mol. The van der Waals surface area contributed by atoms with Gasteiger partial charge in [-0.25, -0.2) is 4.68 Å². The number of nitrogens with one attached hydrogen (secondary N) is 1. The van der Waals surface area contributed by atoms with Crippen LogP contribution in [0.3, 0.4) is 0 Å². The van der Waals surface area contributed by atoms with Crippen molar-refractivity contribution in [1.29, 1.82) is 0 Å². The van der Waals surface area contributed by atoms with E-state index in [-0.39, 0.29) is 18.9 Å². The SMILES string of the molecule is CN(Cc1ccccc1)Cc1cn(C[C@H]2O[C@@H](CC(=O)Nc3ccccc3)[C@H](O)[C@@H]2O)nn1. The van der Waals surface area contributed by atoms with Gasteiger partial charge in [0.2, 0.25) is 5.91 Å². The summed E-state index contributed by atoms with van der Waals surface area (Å²) in [6, 6.07) is 19.2. The van der Waals surface area contributed by atoms with E-state index < -0.39 is 24.4 Å². The molecular formula is C24H29N5O4. The molecule has 0 spiro atoms. The molecule has 9 heteroatoms. The van der Waals surface area contributed by atoms with Gasteiger partial charge in [0.05, 0.1) is 24.8 Å². The van der Waals surface area contributed by atoms with Crippen molar-refractivity contribution >= 4 is 11.6 Å². The van der Waals surface area contributed by atoms with Crippen LogP contribution in [0.4, 0.5) is 5.69 Å². The molecule has 33 heavy (non-hydrogen) atoms. The van der Waals surface area contributed by atoms with Gasteiger partial charge in [0.1, 0.15) is 18.3 Å². The molecule has 1 amide bonds. The van der Waals surface area contributed by atoms with E-state index in [4.69, 9.17) is 4.74 Å². The second-order valence-corrected chi connectivity index (χ2v) is 8.40. The van der Waals surface area contributed by atoms with Crippen LogP contribution in [0, 0.1) is 0 Å². The van der Waals surface area contributed by atoms with Crippen LogP contribution in [-0.4, -0.2) is 67.5 Å². The third-order valence-corrected chi connectivity index (χ3v) is 5.59. The van der Waals surface area contributed by atoms with Crippen LogP contribution in [0.2, 0.25) is 0 Å². The molecule has 1 aliphatic heterocycles. The first-order valence-corrected chi connectivity index (χ1v) is 11.0. The van der Waals surface area contributed by atoms with Crippen molar-refractivity contribution in [1.82, 2.24) is 19.9 Å². The number of amides is 1. The van der Waals surface area contributed by atoms with E-state index in [1.807, 2.05) is 43.4 Å². The second kappa shape index (κ2) is 10.7. The fraction of sp³-hybridized carbons (Fsp3) is 0.375. The summed E-state index contributed by atoms with van der Waals surface area (Å²) in [7, 11) is 2.01. The lowest BCUT2D eigenvalue weighted by Gasteiger charge is -2.15. The van der Waals surface area contributed by atoms with Gasteiger partial charge in [-0.2, -0.15) is 0 Å². The van der Waals surface area contributed by atoms with Crippen molar-refractivity contribution in [3.63, 3.8) is 0 Å². The van der Waals surface area contributed by atoms with Crippen molar-refractivity contribution in [2.75, 3.05) is 12.4 Å². The van der Waals surface area contributed by atoms with E-state index in [0.717, 1.165) is 12.2 Å². The summed E-state index contributed by atoms with van der Waals surface area (Å²) in [6.45, 7) is 1.63. The average Bonchev–Trinajstić information content (AvgIpc) is 3.34. The molecule has 0 bridgehead atoms. The highest BCUT2D eigenvalue weighted by Gasteiger charge is 2.43. The van der Waals surface area contributed by atoms with E-state index in [9.17, 15) is 15.0 Å². The Morgan fingerprint density at radius 2 is 1.70 bits per heavy atom. The number of aliphatic hydroxyl groups excluding tert-OH is 2. The number of nitrogens with zero attached hydrogens (tertiary/aromatic N) is 4. The summed E-state index contributed by atoms with van der Waals surface area (Å²) >= 11 is 0. The molecule has 2 heterocycles. The number of aromatic nitrogens is 3. The minimum absolute atomic E-state index is 0.0590. The zero-order valence-electron chi connectivity index (χ0n) is 18.5. The highest BCUT2D eigenvalue weighted by molar-refractivity contribution is 5.91. The Morgan fingerprint density at radius 1 is 1.03 bits per heavy atom. The number of hydrogen-bond donors (Lipinski definition) is 3. The fourth-order valence-corrected chi connectivity index (χ4v) is 3.97. The van der Waals surface area contributed by atoms with Gasteiger partial charge >= 0.3 is 0 Å². The van der Waals surface area contributed by atoms with Crippen LogP contribution in [0.1, 0.15) is 17.7 Å². The summed E-state index contributed by atoms with van der Waals surface area (Å²) in [5.74, 6) is -0.289. The molecule has 0 radical (unpaired) electrons. The van der Waals surface area contributed by atoms with Gasteiger partial charge in [-0.05, 0) is 24.7 Å². The minimum atomic E-state index is -1.16. The lowest BCUT2D eigenvalue weighted by molar-refractivity contribution is -0.120. The van der Waals surface area contributed by atoms with Crippen molar-refractivity contribution in [2.45, 2.75) is 50.5 Å². The Morgan fingerprint density at radius 3 is 2.42 bits per heavy atom. The zero-order valence-corrected chi connectivity index (χ0v) is 18.5. The molecule has 0 saturated carbocycles. The molecule has 4 rings (SSSR count). The van der Waals surface area contributed by atoms with E-state index in [1.54, 1.807) is 23.0 Å². The number of anilines is 1. The molecule has 4 atom stereocenters. The van der Waals surface area contributed by atoms with Crippen molar-refractivity contribution < 1.29 is 19.7 Å². The number of carbonyl (C=O) groups excluding carboxylic acids is 1. The van der Waals surface area contributed by atoms with Gasteiger partial charge in [0.25, 0.3) is 0 Å². The number of ether oxygens (including phenoxy) is 1. The summed E-state index contributed by atoms with van der Waals surface area (Å²) in [6.07, 6.45) is -2.01. The lowest BCUT2D eigenvalue weighted by Crippen LogP contribution is -2.35. The third kappa shape index (κ3) is 6.23. The Kier molecular flexibility index (Phi) is 7.46. The first-order valence-electron chi connectivity index (χ1n) is 11.0. The second-order valence-electron chi connectivity index (χ2n) is 8.40. The number of para-hydroxylation sites is 1. The Bertz CT molecular complexity index is 1030. The summed E-state index contributed by atoms with van der Waals surface area (Å²) in [5.41, 5.74) is 2.67. The molecule has 174 valence electrons. The molecule has 9 nitrogen and oxygen atoms in total. The van der Waals surface area contributed by atoms with Gasteiger partial charge < -0.3 is 20.3 Å². The Hall–Kier alpha value is -3.11. The van der Waals surface area contributed by atoms with Crippen molar-refractivity contribution in [3.8, 4) is 0 Å². The molecule has 1 aliphatic rings. The maximum Gasteiger partial charge on any atom is 0.227 e. The fourth-order valence-electron chi connectivity index (χ4n) is 3.97. The first kappa shape index (κ1) is 23.1. The predicted molar refractivity (Wildman–Crippen MR) is 122 cm³/mol. The quantitative estimate of drug-likeness (QED) is 0.451. The normalized spacial score (nSPS) is 22.5. The molecule has 1 saturated heterocycles. The molecule has 1 aromatic heterocycles. The van der Waals surface area contributed by atoms with Crippen LogP contribution in [-0.2, 0) is 29.2 Å². The van der Waals surface area contributed by atoms with E-state index in [1.165, 1.54) is 5.56 Å². The predicted octanol–water partition coefficient (Wildman–Crippen LogP) is 1.43. The van der Waals surface area contributed by atoms with Crippen LogP contribution in [0.5, 0.6) is 0 Å². The maximum atomic E-state index is 12.3. The number of rotatable bonds is 9. The average molecular weight is 452 g/mol. The number of carbonyl (C=O) groups is 1. The molecule has 2 aromatic carbocycles. The summed E-state index contributed by atoms with van der Waals surface area (Å²) in [5, 5.41) is 31.9. The number of benzene rings is 2. The molecule has 0 aliphatic carbocycles. The van der Waals surface area contributed by atoms with Crippen molar-refractivity contribution in [3.05, 3.63) is 78.1 Å². The zero-order chi connectivity index (χ0) is 23.2. The van der Waals surface area contributed by atoms with Crippen LogP contribution < -0.4 is 5.32 Å². The van der Waals surface area contributed by atoms with Gasteiger partial charge in [-0.1, -0.05) is 53.7 Å². The monoisotopic (exact) mass is 451 g/mol. The highest BCUT2D eigenvalue weighted by Crippen LogP contribution is 2.25. The Balaban J connectivity index is 1.28.